The second kappa shape index (κ2) is 9.42. The number of anilines is 2. The van der Waals surface area contributed by atoms with Gasteiger partial charge in [-0.25, -0.2) is 8.42 Å². The van der Waals surface area contributed by atoms with Gasteiger partial charge in [0.1, 0.15) is 5.75 Å². The van der Waals surface area contributed by atoms with Crippen molar-refractivity contribution in [3.63, 3.8) is 0 Å². The minimum atomic E-state index is -3.70. The Bertz CT molecular complexity index is 1350. The molecule has 0 radical (unpaired) electrons. The molecule has 6 heteroatoms. The van der Waals surface area contributed by atoms with Gasteiger partial charge in [-0.2, -0.15) is 0 Å². The molecule has 35 heavy (non-hydrogen) atoms. The molecule has 3 aromatic rings. The molecule has 1 heterocycles. The van der Waals surface area contributed by atoms with Crippen LogP contribution in [-0.2, 0) is 16.4 Å². The summed E-state index contributed by atoms with van der Waals surface area (Å²) in [6.45, 7) is 6.06. The van der Waals surface area contributed by atoms with E-state index >= 15 is 0 Å². The summed E-state index contributed by atoms with van der Waals surface area (Å²) < 4.78 is 35.2. The molecule has 0 unspecified atom stereocenters. The third kappa shape index (κ3) is 4.67. The molecular weight excluding hydrogens is 456 g/mol. The van der Waals surface area contributed by atoms with Crippen molar-refractivity contribution in [3.8, 4) is 5.75 Å². The summed E-state index contributed by atoms with van der Waals surface area (Å²) in [4.78, 5) is 0.289. The van der Waals surface area contributed by atoms with E-state index in [-0.39, 0.29) is 23.0 Å². The van der Waals surface area contributed by atoms with E-state index in [1.807, 2.05) is 69.3 Å². The summed E-state index contributed by atoms with van der Waals surface area (Å²) in [5.74, 6) is 1.36. The lowest BCUT2D eigenvalue weighted by molar-refractivity contribution is 0.242. The topological polar surface area (TPSA) is 67.4 Å². The highest BCUT2D eigenvalue weighted by atomic mass is 32.2. The molecule has 2 N–H and O–H groups in total. The molecule has 0 amide bonds. The molecule has 1 aliphatic heterocycles. The van der Waals surface area contributed by atoms with E-state index in [1.54, 1.807) is 6.07 Å². The van der Waals surface area contributed by atoms with E-state index in [0.29, 0.717) is 11.6 Å². The number of benzene rings is 3. The van der Waals surface area contributed by atoms with Crippen LogP contribution in [-0.4, -0.2) is 14.5 Å². The highest BCUT2D eigenvalue weighted by molar-refractivity contribution is 7.92. The highest BCUT2D eigenvalue weighted by Crippen LogP contribution is 2.50. The largest absolute Gasteiger partial charge is 0.491 e. The van der Waals surface area contributed by atoms with Gasteiger partial charge < -0.3 is 10.1 Å². The average molecular weight is 489 g/mol. The van der Waals surface area contributed by atoms with Crippen LogP contribution < -0.4 is 14.8 Å². The first-order chi connectivity index (χ1) is 16.9. The van der Waals surface area contributed by atoms with Crippen LogP contribution in [0.15, 0.2) is 83.8 Å². The standard InChI is InChI=1S/C29H32N2O3S/c1-4-20-8-5-6-11-27(20)31-35(32,33)23-16-17-28-26(18-23)24-9-7-10-25(24)29(30-28)21-12-14-22(15-13-21)34-19(2)3/h5-9,11-19,24-25,29-31H,4,10H2,1-3H3/t24-,25+,29+/m0/s1. The maximum Gasteiger partial charge on any atom is 0.261 e. The number of hydrogen-bond acceptors (Lipinski definition) is 4. The molecule has 0 aromatic heterocycles. The van der Waals surface area contributed by atoms with Crippen molar-refractivity contribution in [2.45, 2.75) is 56.6 Å². The van der Waals surface area contributed by atoms with E-state index in [0.717, 1.165) is 35.4 Å². The van der Waals surface area contributed by atoms with Gasteiger partial charge in [-0.05, 0) is 85.7 Å². The fraction of sp³-hybridized carbons (Fsp3) is 0.310. The first kappa shape index (κ1) is 23.5. The molecule has 2 aliphatic rings. The van der Waals surface area contributed by atoms with Gasteiger partial charge in [0.2, 0.25) is 0 Å². The van der Waals surface area contributed by atoms with Gasteiger partial charge in [0, 0.05) is 11.6 Å². The van der Waals surface area contributed by atoms with Crippen molar-refractivity contribution in [1.82, 2.24) is 0 Å². The van der Waals surface area contributed by atoms with Crippen molar-refractivity contribution in [1.29, 1.82) is 0 Å². The maximum atomic E-state index is 13.3. The van der Waals surface area contributed by atoms with E-state index in [9.17, 15) is 8.42 Å². The zero-order chi connectivity index (χ0) is 24.6. The number of ether oxygens (including phenoxy) is 1. The van der Waals surface area contributed by atoms with Gasteiger partial charge in [0.25, 0.3) is 10.0 Å². The molecule has 0 bridgehead atoms. The van der Waals surface area contributed by atoms with Gasteiger partial charge in [0.05, 0.1) is 22.7 Å². The van der Waals surface area contributed by atoms with Gasteiger partial charge in [-0.3, -0.25) is 4.72 Å². The molecule has 1 aliphatic carbocycles. The Morgan fingerprint density at radius 3 is 2.57 bits per heavy atom. The molecule has 5 nitrogen and oxygen atoms in total. The van der Waals surface area contributed by atoms with Crippen LogP contribution in [0.25, 0.3) is 0 Å². The number of para-hydroxylation sites is 1. The van der Waals surface area contributed by atoms with Crippen LogP contribution in [0.1, 0.15) is 55.8 Å². The molecule has 0 saturated heterocycles. The summed E-state index contributed by atoms with van der Waals surface area (Å²) >= 11 is 0. The number of sulfonamides is 1. The predicted molar refractivity (Wildman–Crippen MR) is 142 cm³/mol. The van der Waals surface area contributed by atoms with Gasteiger partial charge >= 0.3 is 0 Å². The lowest BCUT2D eigenvalue weighted by Crippen LogP contribution is -2.29. The fourth-order valence-electron chi connectivity index (χ4n) is 5.23. The first-order valence-electron chi connectivity index (χ1n) is 12.3. The van der Waals surface area contributed by atoms with E-state index < -0.39 is 10.0 Å². The number of aryl methyl sites for hydroxylation is 1. The van der Waals surface area contributed by atoms with Crippen molar-refractivity contribution >= 4 is 21.4 Å². The second-order valence-electron chi connectivity index (χ2n) is 9.58. The van der Waals surface area contributed by atoms with E-state index in [2.05, 4.69) is 34.3 Å². The molecule has 3 atom stereocenters. The smallest absolute Gasteiger partial charge is 0.261 e. The summed E-state index contributed by atoms with van der Waals surface area (Å²) in [5, 5.41) is 3.70. The Morgan fingerprint density at radius 2 is 1.83 bits per heavy atom. The number of allylic oxidation sites excluding steroid dienone is 2. The monoisotopic (exact) mass is 488 g/mol. The zero-order valence-electron chi connectivity index (χ0n) is 20.4. The van der Waals surface area contributed by atoms with Crippen molar-refractivity contribution in [2.75, 3.05) is 10.0 Å². The van der Waals surface area contributed by atoms with Gasteiger partial charge in [-0.15, -0.1) is 0 Å². The Morgan fingerprint density at radius 1 is 1.06 bits per heavy atom. The molecule has 0 fully saturated rings. The van der Waals surface area contributed by atoms with Gasteiger partial charge in [-0.1, -0.05) is 49.4 Å². The normalized spacial score (nSPS) is 20.7. The summed E-state index contributed by atoms with van der Waals surface area (Å²) in [6.07, 6.45) is 6.29. The lowest BCUT2D eigenvalue weighted by Gasteiger charge is -2.37. The summed E-state index contributed by atoms with van der Waals surface area (Å²) in [5.41, 5.74) is 4.83. The van der Waals surface area contributed by atoms with Crippen LogP contribution in [0, 0.1) is 5.92 Å². The van der Waals surface area contributed by atoms with Gasteiger partial charge in [0.15, 0.2) is 0 Å². The zero-order valence-corrected chi connectivity index (χ0v) is 21.2. The molecule has 3 aromatic carbocycles. The van der Waals surface area contributed by atoms with Crippen LogP contribution in [0.4, 0.5) is 11.4 Å². The molecular formula is C29H32N2O3S. The minimum absolute atomic E-state index is 0.138. The van der Waals surface area contributed by atoms with Crippen molar-refractivity contribution < 1.29 is 13.2 Å². The Balaban J connectivity index is 1.44. The predicted octanol–water partition coefficient (Wildman–Crippen LogP) is 6.66. The first-order valence-corrected chi connectivity index (χ1v) is 13.8. The molecule has 182 valence electrons. The van der Waals surface area contributed by atoms with E-state index in [4.69, 9.17) is 4.74 Å². The quantitative estimate of drug-likeness (QED) is 0.365. The minimum Gasteiger partial charge on any atom is -0.491 e. The van der Waals surface area contributed by atoms with Crippen molar-refractivity contribution in [3.05, 3.63) is 95.6 Å². The molecule has 0 saturated carbocycles. The molecule has 0 spiro atoms. The van der Waals surface area contributed by atoms with Crippen LogP contribution >= 0.6 is 0 Å². The lowest BCUT2D eigenvalue weighted by atomic mass is 9.77. The maximum absolute atomic E-state index is 13.3. The Labute approximate surface area is 208 Å². The third-order valence-corrected chi connectivity index (χ3v) is 8.26. The van der Waals surface area contributed by atoms with Crippen LogP contribution in [0.3, 0.4) is 0 Å². The van der Waals surface area contributed by atoms with E-state index in [1.165, 1.54) is 5.56 Å². The number of hydrogen-bond donors (Lipinski definition) is 2. The number of rotatable bonds is 7. The van der Waals surface area contributed by atoms with Crippen LogP contribution in [0.5, 0.6) is 5.75 Å². The second-order valence-corrected chi connectivity index (χ2v) is 11.3. The Hall–Kier alpha value is -3.25. The highest BCUT2D eigenvalue weighted by Gasteiger charge is 2.38. The Kier molecular flexibility index (Phi) is 6.32. The number of fused-ring (bicyclic) bond motifs is 3. The van der Waals surface area contributed by atoms with Crippen LogP contribution in [0.2, 0.25) is 0 Å². The summed E-state index contributed by atoms with van der Waals surface area (Å²) in [6, 6.07) is 21.4. The summed E-state index contributed by atoms with van der Waals surface area (Å²) in [7, 11) is -3.70. The third-order valence-electron chi connectivity index (χ3n) is 6.90. The fourth-order valence-corrected chi connectivity index (χ4v) is 6.36. The SMILES string of the molecule is CCc1ccccc1NS(=O)(=O)c1ccc2c(c1)[C@H]1C=CC[C@H]1[C@@H](c1ccc(OC(C)C)cc1)N2. The van der Waals surface area contributed by atoms with Crippen molar-refractivity contribution in [2.24, 2.45) is 5.92 Å². The molecule has 5 rings (SSSR count). The average Bonchev–Trinajstić information content (AvgIpc) is 3.34. The number of nitrogens with one attached hydrogen (secondary N) is 2.